The molecule has 188 valence electrons. The first-order chi connectivity index (χ1) is 17.2. The molecule has 0 atom stereocenters. The van der Waals surface area contributed by atoms with E-state index in [4.69, 9.17) is 15.5 Å². The molecule has 9 heteroatoms. The van der Waals surface area contributed by atoms with Gasteiger partial charge in [-0.2, -0.15) is 5.26 Å². The molecule has 0 spiro atoms. The van der Waals surface area contributed by atoms with Gasteiger partial charge >= 0.3 is 11.9 Å². The highest BCUT2D eigenvalue weighted by atomic mass is 19.1. The largest absolute Gasteiger partial charge is 0.478 e. The third-order valence-corrected chi connectivity index (χ3v) is 6.30. The van der Waals surface area contributed by atoms with E-state index >= 15 is 0 Å². The fourth-order valence-electron chi connectivity index (χ4n) is 4.38. The summed E-state index contributed by atoms with van der Waals surface area (Å²) in [5.41, 5.74) is 3.50. The smallest absolute Gasteiger partial charge is 0.328 e. The Morgan fingerprint density at radius 2 is 1.69 bits per heavy atom. The molecule has 1 fully saturated rings. The Balaban J connectivity index is 0.000000392. The number of rotatable bonds is 7. The number of aliphatic carboxylic acids is 2. The van der Waals surface area contributed by atoms with Crippen LogP contribution >= 0.6 is 0 Å². The zero-order chi connectivity index (χ0) is 26.1. The van der Waals surface area contributed by atoms with Crippen LogP contribution in [0.25, 0.3) is 0 Å². The van der Waals surface area contributed by atoms with Crippen LogP contribution in [0.3, 0.4) is 0 Å². The van der Waals surface area contributed by atoms with Gasteiger partial charge in [-0.3, -0.25) is 4.79 Å². The van der Waals surface area contributed by atoms with Crippen LogP contribution < -0.4 is 0 Å². The number of hydrogen-bond acceptors (Lipinski definition) is 5. The third-order valence-electron chi connectivity index (χ3n) is 6.30. The van der Waals surface area contributed by atoms with Gasteiger partial charge in [0.1, 0.15) is 5.82 Å². The van der Waals surface area contributed by atoms with E-state index < -0.39 is 11.9 Å². The van der Waals surface area contributed by atoms with Crippen molar-refractivity contribution in [2.45, 2.75) is 25.8 Å². The number of amides is 1. The number of nitrogens with zero attached hydrogens (tertiary/aromatic N) is 3. The van der Waals surface area contributed by atoms with E-state index in [9.17, 15) is 18.8 Å². The summed E-state index contributed by atoms with van der Waals surface area (Å²) in [6, 6.07) is 14.2. The maximum absolute atomic E-state index is 13.0. The molecule has 0 radical (unpaired) electrons. The number of carboxylic acids is 2. The summed E-state index contributed by atoms with van der Waals surface area (Å²) in [7, 11) is 0. The summed E-state index contributed by atoms with van der Waals surface area (Å²) in [6.45, 7) is 4.48. The molecule has 2 heterocycles. The number of nitriles is 1. The Hall–Kier alpha value is -4.03. The fourth-order valence-corrected chi connectivity index (χ4v) is 4.38. The Bertz CT molecular complexity index is 1150. The van der Waals surface area contributed by atoms with Gasteiger partial charge in [0.15, 0.2) is 0 Å². The Morgan fingerprint density at radius 3 is 2.28 bits per heavy atom. The second-order valence-electron chi connectivity index (χ2n) is 8.84. The number of carboxylic acid groups (broad SMARTS) is 2. The minimum absolute atomic E-state index is 0.0956. The molecule has 1 amide bonds. The monoisotopic (exact) mass is 493 g/mol. The summed E-state index contributed by atoms with van der Waals surface area (Å²) >= 11 is 0. The van der Waals surface area contributed by atoms with Crippen LogP contribution in [0.4, 0.5) is 4.39 Å². The molecule has 36 heavy (non-hydrogen) atoms. The summed E-state index contributed by atoms with van der Waals surface area (Å²) in [5, 5.41) is 24.7. The molecule has 0 unspecified atom stereocenters. The van der Waals surface area contributed by atoms with Crippen molar-refractivity contribution >= 4 is 17.8 Å². The van der Waals surface area contributed by atoms with Crippen molar-refractivity contribution in [1.82, 2.24) is 9.80 Å². The molecule has 0 bridgehead atoms. The van der Waals surface area contributed by atoms with Crippen molar-refractivity contribution in [2.75, 3.05) is 26.2 Å². The molecule has 1 saturated heterocycles. The lowest BCUT2D eigenvalue weighted by Gasteiger charge is -2.33. The van der Waals surface area contributed by atoms with E-state index in [1.807, 2.05) is 23.1 Å². The zero-order valence-corrected chi connectivity index (χ0v) is 19.8. The summed E-state index contributed by atoms with van der Waals surface area (Å²) in [6.07, 6.45) is 4.23. The molecular formula is C27H28FN3O5. The van der Waals surface area contributed by atoms with Gasteiger partial charge in [0.25, 0.3) is 5.91 Å². The average Bonchev–Trinajstić information content (AvgIpc) is 3.17. The number of carbonyl (C=O) groups excluding carboxylic acids is 1. The van der Waals surface area contributed by atoms with Crippen molar-refractivity contribution in [1.29, 1.82) is 5.26 Å². The number of halogens is 1. The molecule has 2 aliphatic heterocycles. The van der Waals surface area contributed by atoms with Crippen molar-refractivity contribution in [2.24, 2.45) is 5.92 Å². The maximum atomic E-state index is 13.0. The van der Waals surface area contributed by atoms with Crippen molar-refractivity contribution in [3.05, 3.63) is 82.7 Å². The normalized spacial score (nSPS) is 15.8. The van der Waals surface area contributed by atoms with Gasteiger partial charge < -0.3 is 20.0 Å². The SMILES string of the molecule is N#Cc1ccc2c(c1)CN(CC1CCN(CCc3ccc(F)cc3)CC1)C2=O.O=C(O)/C=C/C(=O)O. The van der Waals surface area contributed by atoms with Gasteiger partial charge in [-0.25, -0.2) is 14.0 Å². The van der Waals surface area contributed by atoms with Crippen molar-refractivity contribution in [3.8, 4) is 6.07 Å². The summed E-state index contributed by atoms with van der Waals surface area (Å²) in [4.78, 5) is 36.1. The second kappa shape index (κ2) is 12.6. The zero-order valence-electron chi connectivity index (χ0n) is 19.8. The molecule has 0 saturated carbocycles. The first kappa shape index (κ1) is 26.6. The second-order valence-corrected chi connectivity index (χ2v) is 8.84. The van der Waals surface area contributed by atoms with Crippen LogP contribution in [0.1, 0.15) is 39.9 Å². The van der Waals surface area contributed by atoms with E-state index in [2.05, 4.69) is 11.0 Å². The minimum Gasteiger partial charge on any atom is -0.478 e. The summed E-state index contributed by atoms with van der Waals surface area (Å²) in [5.74, 6) is -2.08. The number of likely N-dealkylation sites (tertiary alicyclic amines) is 1. The van der Waals surface area contributed by atoms with E-state index in [0.717, 1.165) is 56.6 Å². The lowest BCUT2D eigenvalue weighted by molar-refractivity contribution is -0.134. The van der Waals surface area contributed by atoms with Crippen LogP contribution in [0.2, 0.25) is 0 Å². The Kier molecular flexibility index (Phi) is 9.31. The van der Waals surface area contributed by atoms with Gasteiger partial charge in [0.05, 0.1) is 11.6 Å². The van der Waals surface area contributed by atoms with Gasteiger partial charge in [0, 0.05) is 37.3 Å². The molecule has 8 nitrogen and oxygen atoms in total. The first-order valence-electron chi connectivity index (χ1n) is 11.7. The van der Waals surface area contributed by atoms with Crippen molar-refractivity contribution in [3.63, 3.8) is 0 Å². The standard InChI is InChI=1S/C23H24FN3O.C4H4O4/c24-21-4-1-17(2-5-21)7-10-26-11-8-18(9-12-26)15-27-16-20-13-19(14-25)3-6-22(20)23(27)28;5-3(6)1-2-4(7)8/h1-6,13,18H,7-12,15-16H2;1-2H,(H,5,6)(H,7,8)/b;2-1+. The van der Waals surface area contributed by atoms with Crippen LogP contribution in [0, 0.1) is 23.1 Å². The lowest BCUT2D eigenvalue weighted by Crippen LogP contribution is -2.39. The predicted octanol–water partition coefficient (Wildman–Crippen LogP) is 3.32. The van der Waals surface area contributed by atoms with Crippen LogP contribution in [0.15, 0.2) is 54.6 Å². The van der Waals surface area contributed by atoms with Gasteiger partial charge in [-0.1, -0.05) is 12.1 Å². The molecule has 0 aliphatic carbocycles. The van der Waals surface area contributed by atoms with Crippen molar-refractivity contribution < 1.29 is 29.0 Å². The molecule has 2 N–H and O–H groups in total. The van der Waals surface area contributed by atoms with E-state index in [1.165, 1.54) is 17.7 Å². The number of benzene rings is 2. The minimum atomic E-state index is -1.26. The quantitative estimate of drug-likeness (QED) is 0.568. The van der Waals surface area contributed by atoms with Crippen LogP contribution in [-0.2, 0) is 22.6 Å². The average molecular weight is 494 g/mol. The van der Waals surface area contributed by atoms with Gasteiger partial charge in [-0.15, -0.1) is 0 Å². The van der Waals surface area contributed by atoms with E-state index in [-0.39, 0.29) is 11.7 Å². The molecular weight excluding hydrogens is 465 g/mol. The van der Waals surface area contributed by atoms with Gasteiger partial charge in [-0.05, 0) is 79.7 Å². The maximum Gasteiger partial charge on any atom is 0.328 e. The lowest BCUT2D eigenvalue weighted by atomic mass is 9.96. The highest BCUT2D eigenvalue weighted by Gasteiger charge is 2.30. The van der Waals surface area contributed by atoms with Crippen LogP contribution in [0.5, 0.6) is 0 Å². The number of carbonyl (C=O) groups is 3. The van der Waals surface area contributed by atoms with Crippen LogP contribution in [-0.4, -0.2) is 64.0 Å². The Morgan fingerprint density at radius 1 is 1.06 bits per heavy atom. The third kappa shape index (κ3) is 7.75. The molecule has 2 aliphatic rings. The predicted molar refractivity (Wildman–Crippen MR) is 130 cm³/mol. The molecule has 2 aromatic rings. The molecule has 4 rings (SSSR count). The van der Waals surface area contributed by atoms with Gasteiger partial charge in [0.2, 0.25) is 0 Å². The number of hydrogen-bond donors (Lipinski definition) is 2. The molecule has 0 aromatic heterocycles. The fraction of sp³-hybridized carbons (Fsp3) is 0.333. The Labute approximate surface area is 208 Å². The number of piperidine rings is 1. The highest BCUT2D eigenvalue weighted by molar-refractivity contribution is 5.98. The highest BCUT2D eigenvalue weighted by Crippen LogP contribution is 2.27. The molecule has 2 aromatic carbocycles. The number of fused-ring (bicyclic) bond motifs is 1. The topological polar surface area (TPSA) is 122 Å². The van der Waals surface area contributed by atoms with E-state index in [0.29, 0.717) is 30.2 Å². The van der Waals surface area contributed by atoms with E-state index in [1.54, 1.807) is 12.1 Å². The summed E-state index contributed by atoms with van der Waals surface area (Å²) < 4.78 is 13.0. The first-order valence-corrected chi connectivity index (χ1v) is 11.7.